The normalized spacial score (nSPS) is 20.1. The molecule has 1 fully saturated rings. The van der Waals surface area contributed by atoms with Crippen LogP contribution in [0.4, 0.5) is 0 Å². The number of hydrogen-bond acceptors (Lipinski definition) is 4. The molecule has 1 heterocycles. The standard InChI is InChI=1S/C18H25NO5/c1-13(2)11-24-15-5-3-14(4-6-15)9-16(20)19-18(10-17(21)22)7-8-23-12-18/h3-6,13H,7-12H2,1-2H3,(H,19,20)(H,21,22). The molecule has 1 aliphatic heterocycles. The number of amides is 1. The van der Waals surface area contributed by atoms with Crippen LogP contribution in [0.1, 0.15) is 32.3 Å². The van der Waals surface area contributed by atoms with E-state index in [2.05, 4.69) is 19.2 Å². The first-order chi connectivity index (χ1) is 11.4. The smallest absolute Gasteiger partial charge is 0.305 e. The fraction of sp³-hybridized carbons (Fsp3) is 0.556. The third-order valence-electron chi connectivity index (χ3n) is 3.87. The largest absolute Gasteiger partial charge is 0.493 e. The SMILES string of the molecule is CC(C)COc1ccc(CC(=O)NC2(CC(=O)O)CCOC2)cc1. The summed E-state index contributed by atoms with van der Waals surface area (Å²) < 4.78 is 10.9. The van der Waals surface area contributed by atoms with Gasteiger partial charge >= 0.3 is 5.97 Å². The second kappa shape index (κ2) is 8.15. The van der Waals surface area contributed by atoms with Gasteiger partial charge in [0.05, 0.1) is 31.6 Å². The molecule has 1 aromatic rings. The zero-order chi connectivity index (χ0) is 17.6. The lowest BCUT2D eigenvalue weighted by Gasteiger charge is -2.27. The van der Waals surface area contributed by atoms with Crippen molar-refractivity contribution in [1.29, 1.82) is 0 Å². The van der Waals surface area contributed by atoms with Crippen LogP contribution in [0.15, 0.2) is 24.3 Å². The zero-order valence-electron chi connectivity index (χ0n) is 14.2. The maximum atomic E-state index is 12.3. The summed E-state index contributed by atoms with van der Waals surface area (Å²) in [5, 5.41) is 11.9. The summed E-state index contributed by atoms with van der Waals surface area (Å²) in [6.07, 6.45) is 0.597. The van der Waals surface area contributed by atoms with Gasteiger partial charge in [-0.1, -0.05) is 26.0 Å². The quantitative estimate of drug-likeness (QED) is 0.759. The molecule has 0 aromatic heterocycles. The molecule has 2 rings (SSSR count). The second-order valence-electron chi connectivity index (χ2n) is 6.73. The number of ether oxygens (including phenoxy) is 2. The molecule has 1 aliphatic rings. The third kappa shape index (κ3) is 5.53. The molecular formula is C18H25NO5. The van der Waals surface area contributed by atoms with Crippen molar-refractivity contribution in [2.24, 2.45) is 5.92 Å². The lowest BCUT2D eigenvalue weighted by atomic mass is 9.94. The van der Waals surface area contributed by atoms with E-state index in [1.807, 2.05) is 24.3 Å². The highest BCUT2D eigenvalue weighted by molar-refractivity contribution is 5.80. The van der Waals surface area contributed by atoms with Crippen LogP contribution in [-0.4, -0.2) is 42.3 Å². The summed E-state index contributed by atoms with van der Waals surface area (Å²) in [6, 6.07) is 7.39. The molecule has 0 aliphatic carbocycles. The molecule has 1 saturated heterocycles. The molecule has 6 heteroatoms. The maximum Gasteiger partial charge on any atom is 0.305 e. The number of nitrogens with one attached hydrogen (secondary N) is 1. The monoisotopic (exact) mass is 335 g/mol. The Balaban J connectivity index is 1.90. The van der Waals surface area contributed by atoms with E-state index in [4.69, 9.17) is 14.6 Å². The zero-order valence-corrected chi connectivity index (χ0v) is 14.2. The molecule has 2 N–H and O–H groups in total. The van der Waals surface area contributed by atoms with Crippen LogP contribution < -0.4 is 10.1 Å². The Morgan fingerprint density at radius 3 is 2.58 bits per heavy atom. The van der Waals surface area contributed by atoms with E-state index in [9.17, 15) is 9.59 Å². The molecule has 1 unspecified atom stereocenters. The van der Waals surface area contributed by atoms with Gasteiger partial charge in [-0.15, -0.1) is 0 Å². The number of carboxylic acids is 1. The molecule has 0 bridgehead atoms. The van der Waals surface area contributed by atoms with Crippen LogP contribution in [0.2, 0.25) is 0 Å². The van der Waals surface area contributed by atoms with Crippen molar-refractivity contribution in [2.45, 2.75) is 38.6 Å². The second-order valence-corrected chi connectivity index (χ2v) is 6.73. The summed E-state index contributed by atoms with van der Waals surface area (Å²) in [5.41, 5.74) is 0.0669. The number of aliphatic carboxylic acids is 1. The fourth-order valence-corrected chi connectivity index (χ4v) is 2.67. The Kier molecular flexibility index (Phi) is 6.20. The molecule has 0 radical (unpaired) electrons. The fourth-order valence-electron chi connectivity index (χ4n) is 2.67. The Morgan fingerprint density at radius 2 is 2.04 bits per heavy atom. The van der Waals surface area contributed by atoms with E-state index < -0.39 is 11.5 Å². The van der Waals surface area contributed by atoms with Gasteiger partial charge in [0.25, 0.3) is 0 Å². The van der Waals surface area contributed by atoms with E-state index in [0.29, 0.717) is 25.6 Å². The molecule has 132 valence electrons. The molecule has 0 spiro atoms. The molecule has 6 nitrogen and oxygen atoms in total. The van der Waals surface area contributed by atoms with Gasteiger partial charge in [0.1, 0.15) is 5.75 Å². The maximum absolute atomic E-state index is 12.3. The van der Waals surface area contributed by atoms with E-state index >= 15 is 0 Å². The lowest BCUT2D eigenvalue weighted by Crippen LogP contribution is -2.51. The first kappa shape index (κ1) is 18.3. The summed E-state index contributed by atoms with van der Waals surface area (Å²) in [4.78, 5) is 23.3. The third-order valence-corrected chi connectivity index (χ3v) is 3.87. The Bertz CT molecular complexity index is 561. The topological polar surface area (TPSA) is 84.9 Å². The molecule has 1 aromatic carbocycles. The lowest BCUT2D eigenvalue weighted by molar-refractivity contribution is -0.139. The van der Waals surface area contributed by atoms with Crippen molar-refractivity contribution in [3.63, 3.8) is 0 Å². The van der Waals surface area contributed by atoms with Crippen molar-refractivity contribution in [3.05, 3.63) is 29.8 Å². The van der Waals surface area contributed by atoms with Crippen LogP contribution >= 0.6 is 0 Å². The van der Waals surface area contributed by atoms with Gasteiger partial charge < -0.3 is 19.9 Å². The van der Waals surface area contributed by atoms with Gasteiger partial charge in [-0.25, -0.2) is 0 Å². The van der Waals surface area contributed by atoms with Crippen LogP contribution in [0.3, 0.4) is 0 Å². The number of carboxylic acid groups (broad SMARTS) is 1. The van der Waals surface area contributed by atoms with Crippen molar-refractivity contribution in [2.75, 3.05) is 19.8 Å². The van der Waals surface area contributed by atoms with Crippen LogP contribution in [0.5, 0.6) is 5.75 Å². The number of hydrogen-bond donors (Lipinski definition) is 2. The molecular weight excluding hydrogens is 310 g/mol. The first-order valence-corrected chi connectivity index (χ1v) is 8.21. The predicted molar refractivity (Wildman–Crippen MR) is 89.0 cm³/mol. The van der Waals surface area contributed by atoms with Gasteiger partial charge in [0, 0.05) is 6.61 Å². The van der Waals surface area contributed by atoms with Crippen molar-refractivity contribution in [1.82, 2.24) is 5.32 Å². The minimum absolute atomic E-state index is 0.124. The molecule has 1 amide bonds. The van der Waals surface area contributed by atoms with E-state index in [1.165, 1.54) is 0 Å². The Hall–Kier alpha value is -2.08. The van der Waals surface area contributed by atoms with Crippen molar-refractivity contribution >= 4 is 11.9 Å². The van der Waals surface area contributed by atoms with Gasteiger partial charge in [0.2, 0.25) is 5.91 Å². The predicted octanol–water partition coefficient (Wildman–Crippen LogP) is 2.01. The molecule has 24 heavy (non-hydrogen) atoms. The van der Waals surface area contributed by atoms with Gasteiger partial charge in [-0.3, -0.25) is 9.59 Å². The number of benzene rings is 1. The highest BCUT2D eigenvalue weighted by atomic mass is 16.5. The van der Waals surface area contributed by atoms with Crippen LogP contribution in [0, 0.1) is 5.92 Å². The van der Waals surface area contributed by atoms with E-state index in [1.54, 1.807) is 0 Å². The van der Waals surface area contributed by atoms with E-state index in [-0.39, 0.29) is 25.4 Å². The van der Waals surface area contributed by atoms with Crippen molar-refractivity contribution < 1.29 is 24.2 Å². The number of carbonyl (C=O) groups excluding carboxylic acids is 1. The summed E-state index contributed by atoms with van der Waals surface area (Å²) >= 11 is 0. The van der Waals surface area contributed by atoms with Crippen LogP contribution in [0.25, 0.3) is 0 Å². The van der Waals surface area contributed by atoms with Gasteiger partial charge in [0.15, 0.2) is 0 Å². The summed E-state index contributed by atoms with van der Waals surface area (Å²) in [7, 11) is 0. The van der Waals surface area contributed by atoms with Crippen molar-refractivity contribution in [3.8, 4) is 5.75 Å². The summed E-state index contributed by atoms with van der Waals surface area (Å²) in [6.45, 7) is 5.52. The first-order valence-electron chi connectivity index (χ1n) is 8.21. The van der Waals surface area contributed by atoms with Crippen LogP contribution in [-0.2, 0) is 20.7 Å². The Labute approximate surface area is 142 Å². The average molecular weight is 335 g/mol. The van der Waals surface area contributed by atoms with Gasteiger partial charge in [-0.2, -0.15) is 0 Å². The number of carbonyl (C=O) groups is 2. The highest BCUT2D eigenvalue weighted by Crippen LogP contribution is 2.23. The number of rotatable bonds is 8. The molecule has 0 saturated carbocycles. The highest BCUT2D eigenvalue weighted by Gasteiger charge is 2.38. The minimum atomic E-state index is -0.938. The summed E-state index contributed by atoms with van der Waals surface area (Å²) in [5.74, 6) is 0.0963. The van der Waals surface area contributed by atoms with Gasteiger partial charge in [-0.05, 0) is 30.0 Å². The molecule has 1 atom stereocenters. The Morgan fingerprint density at radius 1 is 1.33 bits per heavy atom. The minimum Gasteiger partial charge on any atom is -0.493 e. The van der Waals surface area contributed by atoms with E-state index in [0.717, 1.165) is 11.3 Å². The average Bonchev–Trinajstić information content (AvgIpc) is 2.93.